The third-order valence-corrected chi connectivity index (χ3v) is 16.1. The second kappa shape index (κ2) is 16.0. The van der Waals surface area contributed by atoms with Crippen LogP contribution in [0.25, 0.3) is 11.1 Å². The summed E-state index contributed by atoms with van der Waals surface area (Å²) in [6.45, 7) is 27.1. The largest absolute Gasteiger partial charge is 0.736 e. The molecule has 0 N–H and O–H groups in total. The van der Waals surface area contributed by atoms with Gasteiger partial charge in [-0.05, 0) is 122 Å². The van der Waals surface area contributed by atoms with Gasteiger partial charge < -0.3 is 13.9 Å². The van der Waals surface area contributed by atoms with Crippen LogP contribution < -0.4 is 35.2 Å². The third kappa shape index (κ3) is 9.37. The molecule has 1 unspecified atom stereocenters. The molecule has 58 heavy (non-hydrogen) atoms. The third-order valence-electron chi connectivity index (χ3n) is 10.9. The molecule has 0 aliphatic rings. The van der Waals surface area contributed by atoms with Crippen molar-refractivity contribution >= 4 is 36.3 Å². The van der Waals surface area contributed by atoms with Gasteiger partial charge >= 0.3 is 7.82 Å². The maximum absolute atomic E-state index is 13.0. The van der Waals surface area contributed by atoms with Gasteiger partial charge in [-0.3, -0.25) is 0 Å². The molecule has 4 nitrogen and oxygen atoms in total. The van der Waals surface area contributed by atoms with Crippen LogP contribution >= 0.6 is 15.1 Å². The maximum atomic E-state index is 13.0. The van der Waals surface area contributed by atoms with Crippen LogP contribution in [0.4, 0.5) is 0 Å². The summed E-state index contributed by atoms with van der Waals surface area (Å²) in [7, 11) is -7.33. The van der Waals surface area contributed by atoms with Crippen molar-refractivity contribution in [2.75, 3.05) is 0 Å². The SMILES string of the molecule is CC(C)(C)c1ccc([P+](c2ccc(C(C)(C)C)cc2)(c2ccc(C(C)(C)C)cc2)c2ccc(C(C)(C)C)cc2-c2ccc(OP(=O)([O-])Oc3ccccc3)cc2)cc1. The lowest BCUT2D eigenvalue weighted by atomic mass is 9.85. The number of rotatable bonds is 9. The van der Waals surface area contributed by atoms with Gasteiger partial charge in [-0.25, -0.2) is 4.57 Å². The molecule has 6 aromatic rings. The zero-order valence-electron chi connectivity index (χ0n) is 36.4. The minimum absolute atomic E-state index is 0.00807. The molecule has 6 heteroatoms. The Labute approximate surface area is 348 Å². The zero-order chi connectivity index (χ0) is 42.3. The fourth-order valence-electron chi connectivity index (χ4n) is 7.40. The Hall–Kier alpha value is -4.46. The van der Waals surface area contributed by atoms with Gasteiger partial charge in [0.1, 0.15) is 40.0 Å². The first-order chi connectivity index (χ1) is 27.0. The fourth-order valence-corrected chi connectivity index (χ4v) is 12.6. The summed E-state index contributed by atoms with van der Waals surface area (Å²) in [5.41, 5.74) is 6.97. The van der Waals surface area contributed by atoms with Crippen LogP contribution in [0.3, 0.4) is 0 Å². The molecular formula is C52H60O4P2. The second-order valence-corrected chi connectivity index (χ2v) is 24.1. The molecule has 0 saturated carbocycles. The van der Waals surface area contributed by atoms with Gasteiger partial charge in [0.25, 0.3) is 0 Å². The van der Waals surface area contributed by atoms with Gasteiger partial charge in [0.2, 0.25) is 0 Å². The Balaban J connectivity index is 1.64. The van der Waals surface area contributed by atoms with Gasteiger partial charge in [-0.1, -0.05) is 156 Å². The first-order valence-electron chi connectivity index (χ1n) is 20.2. The quantitative estimate of drug-likeness (QED) is 0.137. The van der Waals surface area contributed by atoms with E-state index in [9.17, 15) is 9.46 Å². The van der Waals surface area contributed by atoms with Crippen molar-refractivity contribution < 1.29 is 18.5 Å². The van der Waals surface area contributed by atoms with Crippen LogP contribution in [0.1, 0.15) is 105 Å². The number of phosphoric ester groups is 1. The van der Waals surface area contributed by atoms with E-state index in [-0.39, 0.29) is 33.2 Å². The van der Waals surface area contributed by atoms with Crippen LogP contribution in [-0.4, -0.2) is 0 Å². The Morgan fingerprint density at radius 1 is 0.431 bits per heavy atom. The summed E-state index contributed by atoms with van der Waals surface area (Å²) in [5.74, 6) is 0.379. The van der Waals surface area contributed by atoms with Gasteiger partial charge in [-0.15, -0.1) is 0 Å². The first kappa shape index (κ1) is 43.1. The number of hydrogen-bond acceptors (Lipinski definition) is 4. The standard InChI is InChI=1S/C52H60O4P2/c1-49(2,3)38-20-29-44(30-21-38)57(45-31-22-39(23-32-45)50(4,5)6,46-33-24-40(25-34-46)51(7,8)9)48-35-26-41(52(10,11)12)36-47(48)37-18-27-43(28-19-37)56-58(53,54)55-42-16-14-13-15-17-42/h13-36H,1-12H3. The van der Waals surface area contributed by atoms with E-state index >= 15 is 0 Å². The van der Waals surface area contributed by atoms with Crippen LogP contribution in [0.5, 0.6) is 11.5 Å². The summed E-state index contributed by atoms with van der Waals surface area (Å²) < 4.78 is 23.7. The maximum Gasteiger partial charge on any atom is 0.372 e. The van der Waals surface area contributed by atoms with Crippen molar-refractivity contribution in [2.24, 2.45) is 0 Å². The predicted molar refractivity (Wildman–Crippen MR) is 247 cm³/mol. The van der Waals surface area contributed by atoms with Crippen LogP contribution in [0.15, 0.2) is 146 Å². The molecule has 6 rings (SSSR count). The minimum Gasteiger partial charge on any atom is -0.736 e. The van der Waals surface area contributed by atoms with Crippen molar-refractivity contribution in [1.82, 2.24) is 0 Å². The van der Waals surface area contributed by atoms with Crippen molar-refractivity contribution in [3.8, 4) is 22.6 Å². The van der Waals surface area contributed by atoms with Crippen LogP contribution in [0, 0.1) is 0 Å². The summed E-state index contributed by atoms with van der Waals surface area (Å²) in [4.78, 5) is 13.0. The molecule has 0 saturated heterocycles. The Bertz CT molecular complexity index is 2230. The highest BCUT2D eigenvalue weighted by molar-refractivity contribution is 8.01. The highest BCUT2D eigenvalue weighted by Gasteiger charge is 2.50. The lowest BCUT2D eigenvalue weighted by molar-refractivity contribution is -0.208. The number of benzene rings is 6. The predicted octanol–water partition coefficient (Wildman–Crippen LogP) is 12.1. The smallest absolute Gasteiger partial charge is 0.372 e. The second-order valence-electron chi connectivity index (χ2n) is 19.5. The Kier molecular flexibility index (Phi) is 11.9. The molecule has 6 aromatic carbocycles. The molecule has 0 bridgehead atoms. The van der Waals surface area contributed by atoms with Crippen molar-refractivity contribution in [3.05, 3.63) is 168 Å². The van der Waals surface area contributed by atoms with Gasteiger partial charge in [-0.2, -0.15) is 0 Å². The highest BCUT2D eigenvalue weighted by atomic mass is 31.2. The van der Waals surface area contributed by atoms with E-state index in [1.165, 1.54) is 43.5 Å². The van der Waals surface area contributed by atoms with E-state index in [0.717, 1.165) is 11.1 Å². The molecule has 0 spiro atoms. The monoisotopic (exact) mass is 810 g/mol. The molecule has 0 fully saturated rings. The summed E-state index contributed by atoms with van der Waals surface area (Å²) >= 11 is 0. The van der Waals surface area contributed by atoms with Crippen LogP contribution in [-0.2, 0) is 26.2 Å². The molecule has 0 heterocycles. The molecule has 0 radical (unpaired) electrons. The molecule has 1 atom stereocenters. The van der Waals surface area contributed by atoms with E-state index in [0.29, 0.717) is 0 Å². The zero-order valence-corrected chi connectivity index (χ0v) is 38.2. The first-order valence-corrected chi connectivity index (χ1v) is 23.5. The molecular weight excluding hydrogens is 751 g/mol. The molecule has 0 aromatic heterocycles. The average molecular weight is 811 g/mol. The minimum atomic E-state index is -4.70. The molecule has 0 amide bonds. The number of phosphoric acid groups is 1. The summed E-state index contributed by atoms with van der Waals surface area (Å²) in [6.07, 6.45) is 0. The molecule has 0 aliphatic heterocycles. The lowest BCUT2D eigenvalue weighted by Crippen LogP contribution is -2.40. The fraction of sp³-hybridized carbons (Fsp3) is 0.308. The van der Waals surface area contributed by atoms with E-state index < -0.39 is 15.1 Å². The van der Waals surface area contributed by atoms with Gasteiger partial charge in [0.05, 0.1) is 0 Å². The van der Waals surface area contributed by atoms with Crippen molar-refractivity contribution in [3.63, 3.8) is 0 Å². The normalized spacial score (nSPS) is 13.8. The molecule has 0 aliphatic carbocycles. The van der Waals surface area contributed by atoms with Crippen LogP contribution in [0.2, 0.25) is 0 Å². The van der Waals surface area contributed by atoms with Crippen molar-refractivity contribution in [1.29, 1.82) is 0 Å². The average Bonchev–Trinajstić information content (AvgIpc) is 3.15. The van der Waals surface area contributed by atoms with Gasteiger partial charge in [0.15, 0.2) is 0 Å². The Morgan fingerprint density at radius 3 is 1.14 bits per heavy atom. The summed E-state index contributed by atoms with van der Waals surface area (Å²) in [6, 6.07) is 50.8. The van der Waals surface area contributed by atoms with E-state index in [2.05, 4.69) is 174 Å². The summed E-state index contributed by atoms with van der Waals surface area (Å²) in [5, 5.41) is 5.03. The topological polar surface area (TPSA) is 58.6 Å². The highest BCUT2D eigenvalue weighted by Crippen LogP contribution is 2.57. The number of hydrogen-bond donors (Lipinski definition) is 0. The molecule has 302 valence electrons. The Morgan fingerprint density at radius 2 is 0.776 bits per heavy atom. The van der Waals surface area contributed by atoms with E-state index in [4.69, 9.17) is 9.05 Å². The van der Waals surface area contributed by atoms with Crippen molar-refractivity contribution in [2.45, 2.75) is 105 Å². The van der Waals surface area contributed by atoms with Gasteiger partial charge in [0, 0.05) is 5.56 Å². The van der Waals surface area contributed by atoms with E-state index in [1.54, 1.807) is 42.5 Å². The number of para-hydroxylation sites is 1. The lowest BCUT2D eigenvalue weighted by Gasteiger charge is -2.32. The van der Waals surface area contributed by atoms with E-state index in [1.807, 2.05) is 12.1 Å².